The number of carbonyl (C=O) groups is 1. The Morgan fingerprint density at radius 1 is 1.48 bits per heavy atom. The Morgan fingerprint density at radius 2 is 2.29 bits per heavy atom. The van der Waals surface area contributed by atoms with Gasteiger partial charge >= 0.3 is 5.97 Å². The van der Waals surface area contributed by atoms with Crippen molar-refractivity contribution in [2.24, 2.45) is 5.41 Å². The Hall–Kier alpha value is -2.34. The van der Waals surface area contributed by atoms with Gasteiger partial charge in [-0.15, -0.1) is 0 Å². The highest BCUT2D eigenvalue weighted by Crippen LogP contribution is 2.29. The summed E-state index contributed by atoms with van der Waals surface area (Å²) in [6, 6.07) is 8.95. The van der Waals surface area contributed by atoms with Gasteiger partial charge in [0.25, 0.3) is 0 Å². The molecule has 1 aliphatic heterocycles. The third-order valence-corrected chi connectivity index (χ3v) is 3.43. The fraction of sp³-hybridized carbons (Fsp3) is 0.333. The van der Waals surface area contributed by atoms with Crippen LogP contribution in [0.1, 0.15) is 17.4 Å². The minimum Gasteiger partial charge on any atom is -0.493 e. The van der Waals surface area contributed by atoms with Gasteiger partial charge in [0.2, 0.25) is 0 Å². The van der Waals surface area contributed by atoms with Crippen LogP contribution < -0.4 is 4.74 Å². The maximum absolute atomic E-state index is 10.9. The standard InChI is InChI=1S/C15H16N2O4/c1-15(7-20-8-15)9-21-11-4-2-3-10(5-11)12-6-13(14(18)19)17-16-12/h2-6H,7-9H2,1H3,(H,16,17)(H,18,19). The average Bonchev–Trinajstić information content (AvgIpc) is 2.93. The van der Waals surface area contributed by atoms with Crippen molar-refractivity contribution in [3.8, 4) is 17.0 Å². The van der Waals surface area contributed by atoms with Gasteiger partial charge in [0.05, 0.1) is 25.5 Å². The fourth-order valence-electron chi connectivity index (χ4n) is 2.12. The summed E-state index contributed by atoms with van der Waals surface area (Å²) in [4.78, 5) is 10.9. The highest BCUT2D eigenvalue weighted by Gasteiger charge is 2.34. The van der Waals surface area contributed by atoms with Gasteiger partial charge in [-0.25, -0.2) is 4.79 Å². The summed E-state index contributed by atoms with van der Waals surface area (Å²) in [5, 5.41) is 15.4. The molecule has 2 N–H and O–H groups in total. The third-order valence-electron chi connectivity index (χ3n) is 3.43. The lowest BCUT2D eigenvalue weighted by Crippen LogP contribution is -2.44. The lowest BCUT2D eigenvalue weighted by atomic mass is 9.90. The number of ether oxygens (including phenoxy) is 2. The van der Waals surface area contributed by atoms with E-state index < -0.39 is 5.97 Å². The van der Waals surface area contributed by atoms with Crippen LogP contribution in [0.25, 0.3) is 11.3 Å². The van der Waals surface area contributed by atoms with Gasteiger partial charge in [-0.3, -0.25) is 5.10 Å². The molecule has 2 aromatic rings. The third kappa shape index (κ3) is 2.90. The average molecular weight is 288 g/mol. The smallest absolute Gasteiger partial charge is 0.353 e. The number of hydrogen-bond acceptors (Lipinski definition) is 4. The minimum absolute atomic E-state index is 0.0652. The normalized spacial score (nSPS) is 16.2. The molecular weight excluding hydrogens is 272 g/mol. The first-order chi connectivity index (χ1) is 10.1. The Labute approximate surface area is 121 Å². The van der Waals surface area contributed by atoms with E-state index in [2.05, 4.69) is 17.1 Å². The van der Waals surface area contributed by atoms with Crippen molar-refractivity contribution in [3.63, 3.8) is 0 Å². The second kappa shape index (κ2) is 5.21. The molecule has 0 aliphatic carbocycles. The topological polar surface area (TPSA) is 84.4 Å². The maximum Gasteiger partial charge on any atom is 0.353 e. The molecule has 0 saturated carbocycles. The molecule has 1 aromatic heterocycles. The number of rotatable bonds is 5. The minimum atomic E-state index is -1.03. The molecule has 3 rings (SSSR count). The number of carboxylic acids is 1. The van der Waals surface area contributed by atoms with Crippen LogP contribution in [0.2, 0.25) is 0 Å². The van der Waals surface area contributed by atoms with Crippen LogP contribution in [-0.2, 0) is 4.74 Å². The second-order valence-corrected chi connectivity index (χ2v) is 5.59. The van der Waals surface area contributed by atoms with Gasteiger partial charge in [-0.1, -0.05) is 19.1 Å². The molecule has 0 radical (unpaired) electrons. The number of hydrogen-bond donors (Lipinski definition) is 2. The largest absolute Gasteiger partial charge is 0.493 e. The number of aromatic amines is 1. The van der Waals surface area contributed by atoms with Crippen molar-refractivity contribution in [2.45, 2.75) is 6.92 Å². The molecule has 0 atom stereocenters. The molecule has 1 aliphatic rings. The van der Waals surface area contributed by atoms with Gasteiger partial charge in [0.15, 0.2) is 0 Å². The summed E-state index contributed by atoms with van der Waals surface area (Å²) in [6.07, 6.45) is 0. The number of aromatic nitrogens is 2. The molecule has 0 spiro atoms. The van der Waals surface area contributed by atoms with Gasteiger partial charge in [0.1, 0.15) is 11.4 Å². The maximum atomic E-state index is 10.9. The van der Waals surface area contributed by atoms with Crippen LogP contribution in [0, 0.1) is 5.41 Å². The number of aromatic carboxylic acids is 1. The first-order valence-electron chi connectivity index (χ1n) is 6.65. The predicted octanol–water partition coefficient (Wildman–Crippen LogP) is 2.19. The Morgan fingerprint density at radius 3 is 2.90 bits per heavy atom. The van der Waals surface area contributed by atoms with E-state index in [1.807, 2.05) is 24.3 Å². The van der Waals surface area contributed by atoms with Crippen molar-refractivity contribution in [1.29, 1.82) is 0 Å². The molecule has 0 amide bonds. The van der Waals surface area contributed by atoms with Crippen LogP contribution in [0.3, 0.4) is 0 Å². The predicted molar refractivity (Wildman–Crippen MR) is 75.4 cm³/mol. The summed E-state index contributed by atoms with van der Waals surface area (Å²) in [7, 11) is 0. The van der Waals surface area contributed by atoms with E-state index >= 15 is 0 Å². The molecule has 1 saturated heterocycles. The number of benzene rings is 1. The molecule has 6 heteroatoms. The molecule has 0 unspecified atom stereocenters. The summed E-state index contributed by atoms with van der Waals surface area (Å²) < 4.78 is 11.0. The number of nitrogens with one attached hydrogen (secondary N) is 1. The zero-order chi connectivity index (χ0) is 14.9. The van der Waals surface area contributed by atoms with E-state index in [0.29, 0.717) is 25.5 Å². The molecule has 110 valence electrons. The molecule has 0 bridgehead atoms. The monoisotopic (exact) mass is 288 g/mol. The van der Waals surface area contributed by atoms with Crippen LogP contribution in [-0.4, -0.2) is 41.1 Å². The number of carboxylic acid groups (broad SMARTS) is 1. The Balaban J connectivity index is 1.74. The number of nitrogens with zero attached hydrogens (tertiary/aromatic N) is 1. The molecule has 6 nitrogen and oxygen atoms in total. The highest BCUT2D eigenvalue weighted by molar-refractivity contribution is 5.86. The van der Waals surface area contributed by atoms with Gasteiger partial charge in [-0.05, 0) is 18.2 Å². The van der Waals surface area contributed by atoms with Crippen molar-refractivity contribution in [2.75, 3.05) is 19.8 Å². The lowest BCUT2D eigenvalue weighted by Gasteiger charge is -2.37. The van der Waals surface area contributed by atoms with Crippen molar-refractivity contribution in [1.82, 2.24) is 10.2 Å². The van der Waals surface area contributed by atoms with Crippen molar-refractivity contribution < 1.29 is 19.4 Å². The highest BCUT2D eigenvalue weighted by atomic mass is 16.5. The van der Waals surface area contributed by atoms with E-state index in [4.69, 9.17) is 14.6 Å². The molecular formula is C15H16N2O4. The summed E-state index contributed by atoms with van der Waals surface area (Å²) in [5.74, 6) is -0.292. The number of H-pyrrole nitrogens is 1. The Kier molecular flexibility index (Phi) is 3.39. The summed E-state index contributed by atoms with van der Waals surface area (Å²) in [6.45, 7) is 4.15. The van der Waals surface area contributed by atoms with Crippen LogP contribution in [0.4, 0.5) is 0 Å². The van der Waals surface area contributed by atoms with Crippen LogP contribution >= 0.6 is 0 Å². The van der Waals surface area contributed by atoms with Crippen LogP contribution in [0.15, 0.2) is 30.3 Å². The van der Waals surface area contributed by atoms with Gasteiger partial charge in [-0.2, -0.15) is 5.10 Å². The lowest BCUT2D eigenvalue weighted by molar-refractivity contribution is -0.120. The van der Waals surface area contributed by atoms with E-state index in [1.165, 1.54) is 6.07 Å². The fourth-order valence-corrected chi connectivity index (χ4v) is 2.12. The summed E-state index contributed by atoms with van der Waals surface area (Å²) >= 11 is 0. The molecule has 2 heterocycles. The SMILES string of the molecule is CC1(COc2cccc(-c3cc(C(=O)O)[nH]n3)c2)COC1. The first kappa shape index (κ1) is 13.6. The van der Waals surface area contributed by atoms with E-state index in [-0.39, 0.29) is 11.1 Å². The van der Waals surface area contributed by atoms with Crippen molar-refractivity contribution >= 4 is 5.97 Å². The summed E-state index contributed by atoms with van der Waals surface area (Å²) in [5.41, 5.74) is 1.54. The molecule has 21 heavy (non-hydrogen) atoms. The first-order valence-corrected chi connectivity index (χ1v) is 6.65. The van der Waals surface area contributed by atoms with E-state index in [9.17, 15) is 4.79 Å². The Bertz CT molecular complexity index is 661. The second-order valence-electron chi connectivity index (χ2n) is 5.59. The van der Waals surface area contributed by atoms with Gasteiger partial charge < -0.3 is 14.6 Å². The van der Waals surface area contributed by atoms with E-state index in [0.717, 1.165) is 11.3 Å². The van der Waals surface area contributed by atoms with Crippen molar-refractivity contribution in [3.05, 3.63) is 36.0 Å². The quantitative estimate of drug-likeness (QED) is 0.881. The van der Waals surface area contributed by atoms with E-state index in [1.54, 1.807) is 0 Å². The zero-order valence-electron chi connectivity index (χ0n) is 11.6. The van der Waals surface area contributed by atoms with Crippen LogP contribution in [0.5, 0.6) is 5.75 Å². The zero-order valence-corrected chi connectivity index (χ0v) is 11.6. The van der Waals surface area contributed by atoms with Gasteiger partial charge in [0, 0.05) is 11.0 Å². The molecule has 1 fully saturated rings. The molecule has 1 aromatic carbocycles.